The fourth-order valence-electron chi connectivity index (χ4n) is 4.45. The first-order chi connectivity index (χ1) is 14.9. The molecule has 1 aliphatic heterocycles. The van der Waals surface area contributed by atoms with Crippen molar-refractivity contribution in [3.8, 4) is 0 Å². The number of urea groups is 1. The first-order valence-electron chi connectivity index (χ1n) is 10.3. The van der Waals surface area contributed by atoms with Crippen LogP contribution in [0.5, 0.6) is 0 Å². The van der Waals surface area contributed by atoms with E-state index in [9.17, 15) is 22.8 Å². The molecule has 6 nitrogen and oxygen atoms in total. The van der Waals surface area contributed by atoms with Crippen LogP contribution in [-0.2, 0) is 11.2 Å². The van der Waals surface area contributed by atoms with Crippen LogP contribution < -0.4 is 21.5 Å². The van der Waals surface area contributed by atoms with E-state index in [0.29, 0.717) is 12.5 Å². The maximum Gasteiger partial charge on any atom is 0.323 e. The lowest BCUT2D eigenvalue weighted by Gasteiger charge is -2.41. The van der Waals surface area contributed by atoms with Gasteiger partial charge in [-0.1, -0.05) is 18.9 Å². The Morgan fingerprint density at radius 3 is 2.55 bits per heavy atom. The smallest absolute Gasteiger partial charge is 0.305 e. The number of rotatable bonds is 4. The molecule has 3 amide bonds. The lowest BCUT2D eigenvalue weighted by atomic mass is 9.72. The minimum absolute atomic E-state index is 0.00319. The number of halogens is 3. The van der Waals surface area contributed by atoms with Crippen molar-refractivity contribution in [2.24, 2.45) is 11.8 Å². The van der Waals surface area contributed by atoms with Crippen molar-refractivity contribution in [1.29, 1.82) is 0 Å². The number of amides is 3. The molecule has 164 valence electrons. The SMILES string of the molecule is O=C(Nc1ccc(F)cc1F)Nc1cc(CC2NNC(=O)C3CCCCC23)ccc1F. The average molecular weight is 432 g/mol. The van der Waals surface area contributed by atoms with E-state index in [2.05, 4.69) is 21.5 Å². The van der Waals surface area contributed by atoms with Crippen molar-refractivity contribution in [3.63, 3.8) is 0 Å². The van der Waals surface area contributed by atoms with Gasteiger partial charge in [0.15, 0.2) is 0 Å². The number of hydrogen-bond acceptors (Lipinski definition) is 3. The summed E-state index contributed by atoms with van der Waals surface area (Å²) < 4.78 is 41.0. The van der Waals surface area contributed by atoms with Crippen molar-refractivity contribution >= 4 is 23.3 Å². The Bertz CT molecular complexity index is 1000. The van der Waals surface area contributed by atoms with Crippen LogP contribution in [0, 0.1) is 29.3 Å². The number of hydrazine groups is 1. The molecule has 2 fully saturated rings. The van der Waals surface area contributed by atoms with Gasteiger partial charge in [-0.15, -0.1) is 0 Å². The normalized spacial score (nSPS) is 22.9. The average Bonchev–Trinajstić information content (AvgIpc) is 2.75. The van der Waals surface area contributed by atoms with E-state index in [-0.39, 0.29) is 35.2 Å². The zero-order chi connectivity index (χ0) is 22.0. The van der Waals surface area contributed by atoms with E-state index in [1.807, 2.05) is 0 Å². The number of carbonyl (C=O) groups is 2. The second-order valence-corrected chi connectivity index (χ2v) is 8.02. The summed E-state index contributed by atoms with van der Waals surface area (Å²) >= 11 is 0. The Balaban J connectivity index is 1.44. The molecule has 2 aliphatic rings. The Kier molecular flexibility index (Phi) is 6.13. The van der Waals surface area contributed by atoms with Crippen LogP contribution >= 0.6 is 0 Å². The number of anilines is 2. The van der Waals surface area contributed by atoms with Gasteiger partial charge in [0.1, 0.15) is 17.5 Å². The quantitative estimate of drug-likeness (QED) is 0.587. The van der Waals surface area contributed by atoms with E-state index in [1.165, 1.54) is 12.1 Å². The number of nitrogens with one attached hydrogen (secondary N) is 4. The molecule has 3 atom stereocenters. The third-order valence-electron chi connectivity index (χ3n) is 5.97. The van der Waals surface area contributed by atoms with Crippen LogP contribution in [0.25, 0.3) is 0 Å². The highest BCUT2D eigenvalue weighted by molar-refractivity contribution is 5.99. The minimum Gasteiger partial charge on any atom is -0.305 e. The van der Waals surface area contributed by atoms with E-state index in [0.717, 1.165) is 43.4 Å². The molecule has 4 N–H and O–H groups in total. The molecule has 9 heteroatoms. The zero-order valence-corrected chi connectivity index (χ0v) is 16.7. The van der Waals surface area contributed by atoms with Crippen molar-refractivity contribution in [2.45, 2.75) is 38.1 Å². The van der Waals surface area contributed by atoms with E-state index in [4.69, 9.17) is 0 Å². The molecular formula is C22H23F3N4O2. The molecular weight excluding hydrogens is 409 g/mol. The number of fused-ring (bicyclic) bond motifs is 1. The molecule has 2 aromatic carbocycles. The molecule has 1 aliphatic carbocycles. The van der Waals surface area contributed by atoms with Gasteiger partial charge in [0.2, 0.25) is 5.91 Å². The summed E-state index contributed by atoms with van der Waals surface area (Å²) in [5.74, 6) is -2.14. The summed E-state index contributed by atoms with van der Waals surface area (Å²) in [4.78, 5) is 24.3. The van der Waals surface area contributed by atoms with Gasteiger partial charge in [0.05, 0.1) is 11.4 Å². The lowest BCUT2D eigenvalue weighted by molar-refractivity contribution is -0.133. The molecule has 0 aromatic heterocycles. The second kappa shape index (κ2) is 8.97. The maximum atomic E-state index is 14.3. The van der Waals surface area contributed by atoms with Crippen LogP contribution in [0.4, 0.5) is 29.3 Å². The summed E-state index contributed by atoms with van der Waals surface area (Å²) in [7, 11) is 0. The van der Waals surface area contributed by atoms with Gasteiger partial charge in [0, 0.05) is 18.0 Å². The van der Waals surface area contributed by atoms with Crippen LogP contribution in [0.15, 0.2) is 36.4 Å². The molecule has 1 heterocycles. The van der Waals surface area contributed by atoms with Crippen molar-refractivity contribution in [1.82, 2.24) is 10.9 Å². The van der Waals surface area contributed by atoms with Gasteiger partial charge in [-0.2, -0.15) is 0 Å². The summed E-state index contributed by atoms with van der Waals surface area (Å²) in [6.45, 7) is 0. The van der Waals surface area contributed by atoms with Crippen molar-refractivity contribution in [2.75, 3.05) is 10.6 Å². The molecule has 2 aromatic rings. The lowest BCUT2D eigenvalue weighted by Crippen LogP contribution is -2.60. The third kappa shape index (κ3) is 4.82. The first kappa shape index (κ1) is 21.2. The van der Waals surface area contributed by atoms with E-state index >= 15 is 0 Å². The molecule has 3 unspecified atom stereocenters. The molecule has 1 saturated heterocycles. The Hall–Kier alpha value is -3.07. The molecule has 1 saturated carbocycles. The highest BCUT2D eigenvalue weighted by Gasteiger charge is 2.39. The van der Waals surface area contributed by atoms with Crippen molar-refractivity contribution in [3.05, 3.63) is 59.4 Å². The Morgan fingerprint density at radius 1 is 0.968 bits per heavy atom. The van der Waals surface area contributed by atoms with Gasteiger partial charge in [-0.3, -0.25) is 10.2 Å². The Morgan fingerprint density at radius 2 is 1.74 bits per heavy atom. The fourth-order valence-corrected chi connectivity index (χ4v) is 4.45. The second-order valence-electron chi connectivity index (χ2n) is 8.02. The number of hydrogen-bond donors (Lipinski definition) is 4. The fraction of sp³-hybridized carbons (Fsp3) is 0.364. The Labute approximate surface area is 177 Å². The standard InChI is InChI=1S/C22H23F3N4O2/c23-13-6-8-18(17(25)11-13)26-22(31)27-20-10-12(5-7-16(20)24)9-19-14-3-1-2-4-15(14)21(30)29-28-19/h5-8,10-11,14-15,19,28H,1-4,9H2,(H,29,30)(H2,26,27,31). The van der Waals surface area contributed by atoms with Crippen LogP contribution in [-0.4, -0.2) is 18.0 Å². The van der Waals surface area contributed by atoms with Crippen molar-refractivity contribution < 1.29 is 22.8 Å². The number of carbonyl (C=O) groups excluding carboxylic acids is 2. The van der Waals surface area contributed by atoms with Gasteiger partial charge >= 0.3 is 6.03 Å². The molecule has 0 bridgehead atoms. The summed E-state index contributed by atoms with van der Waals surface area (Å²) in [5, 5.41) is 4.60. The summed E-state index contributed by atoms with van der Waals surface area (Å²) in [6.07, 6.45) is 4.47. The largest absolute Gasteiger partial charge is 0.323 e. The molecule has 0 spiro atoms. The van der Waals surface area contributed by atoms with E-state index < -0.39 is 23.5 Å². The van der Waals surface area contributed by atoms with E-state index in [1.54, 1.807) is 6.07 Å². The van der Waals surface area contributed by atoms with Crippen LogP contribution in [0.2, 0.25) is 0 Å². The van der Waals surface area contributed by atoms with Gasteiger partial charge in [-0.05, 0) is 55.0 Å². The topological polar surface area (TPSA) is 82.3 Å². The van der Waals surface area contributed by atoms with Crippen LogP contribution in [0.1, 0.15) is 31.2 Å². The van der Waals surface area contributed by atoms with Gasteiger partial charge in [-0.25, -0.2) is 23.4 Å². The molecule has 31 heavy (non-hydrogen) atoms. The van der Waals surface area contributed by atoms with Gasteiger partial charge < -0.3 is 10.6 Å². The first-order valence-corrected chi connectivity index (χ1v) is 10.3. The van der Waals surface area contributed by atoms with Crippen LogP contribution in [0.3, 0.4) is 0 Å². The summed E-state index contributed by atoms with van der Waals surface area (Å²) in [5.41, 5.74) is 6.31. The predicted molar refractivity (Wildman–Crippen MR) is 110 cm³/mol. The molecule has 0 radical (unpaired) electrons. The minimum atomic E-state index is -0.933. The highest BCUT2D eigenvalue weighted by atomic mass is 19.1. The van der Waals surface area contributed by atoms with Gasteiger partial charge in [0.25, 0.3) is 0 Å². The zero-order valence-electron chi connectivity index (χ0n) is 16.7. The maximum absolute atomic E-state index is 14.3. The monoisotopic (exact) mass is 432 g/mol. The highest BCUT2D eigenvalue weighted by Crippen LogP contribution is 2.35. The summed E-state index contributed by atoms with van der Waals surface area (Å²) in [6, 6.07) is 6.30. The number of benzene rings is 2. The third-order valence-corrected chi connectivity index (χ3v) is 5.97. The predicted octanol–water partition coefficient (Wildman–Crippen LogP) is 4.10. The molecule has 4 rings (SSSR count).